The molecule has 178 valence electrons. The lowest BCUT2D eigenvalue weighted by atomic mass is 10.1. The third-order valence-corrected chi connectivity index (χ3v) is 5.89. The van der Waals surface area contributed by atoms with Crippen LogP contribution in [0.1, 0.15) is 11.1 Å². The zero-order chi connectivity index (χ0) is 24.9. The van der Waals surface area contributed by atoms with Crippen molar-refractivity contribution in [2.24, 2.45) is 0 Å². The number of rotatable bonds is 7. The maximum atomic E-state index is 13.8. The fraction of sp³-hybridized carbons (Fsp3) is 0.0800. The van der Waals surface area contributed by atoms with Crippen molar-refractivity contribution in [1.29, 1.82) is 0 Å². The van der Waals surface area contributed by atoms with Gasteiger partial charge in [0.15, 0.2) is 0 Å². The maximum absolute atomic E-state index is 13.8. The average Bonchev–Trinajstić information content (AvgIpc) is 3.08. The van der Waals surface area contributed by atoms with Crippen LogP contribution in [0.15, 0.2) is 76.9 Å². The quantitative estimate of drug-likeness (QED) is 0.302. The fourth-order valence-corrected chi connectivity index (χ4v) is 3.87. The standard InChI is InChI=1S/C25H18BrClFN3O4/c26-17-9-10-22(35-14-15-5-1-2-6-18(15)27)16(11-17)12-21-24(33)31(25(34)30-21)13-23(32)29-20-8-4-3-7-19(20)28/h1-12H,13-14H2,(H,29,32)(H,30,34)/b21-12+. The summed E-state index contributed by atoms with van der Waals surface area (Å²) in [5, 5.41) is 5.38. The Kier molecular flexibility index (Phi) is 7.48. The number of carbonyl (C=O) groups is 3. The van der Waals surface area contributed by atoms with Gasteiger partial charge in [-0.1, -0.05) is 57.9 Å². The van der Waals surface area contributed by atoms with Crippen molar-refractivity contribution in [2.75, 3.05) is 11.9 Å². The van der Waals surface area contributed by atoms with Crippen molar-refractivity contribution < 1.29 is 23.5 Å². The molecule has 1 saturated heterocycles. The summed E-state index contributed by atoms with van der Waals surface area (Å²) in [5.74, 6) is -1.59. The van der Waals surface area contributed by atoms with E-state index in [9.17, 15) is 18.8 Å². The molecule has 0 aliphatic carbocycles. The molecule has 0 bridgehead atoms. The fourth-order valence-electron chi connectivity index (χ4n) is 3.30. The number of amides is 4. The molecule has 1 aliphatic heterocycles. The van der Waals surface area contributed by atoms with Crippen LogP contribution in [-0.2, 0) is 16.2 Å². The van der Waals surface area contributed by atoms with Gasteiger partial charge in [-0.05, 0) is 42.5 Å². The number of halogens is 3. The lowest BCUT2D eigenvalue weighted by Gasteiger charge is -2.12. The van der Waals surface area contributed by atoms with E-state index in [1.807, 2.05) is 18.2 Å². The number of benzene rings is 3. The van der Waals surface area contributed by atoms with Crippen LogP contribution in [0.25, 0.3) is 6.08 Å². The van der Waals surface area contributed by atoms with Crippen LogP contribution in [0.4, 0.5) is 14.9 Å². The number of para-hydroxylation sites is 1. The third kappa shape index (κ3) is 5.87. The van der Waals surface area contributed by atoms with E-state index in [1.54, 1.807) is 30.3 Å². The first-order valence-corrected chi connectivity index (χ1v) is 11.5. The summed E-state index contributed by atoms with van der Waals surface area (Å²) in [6, 6.07) is 17.3. The zero-order valence-corrected chi connectivity index (χ0v) is 20.4. The molecule has 3 aromatic carbocycles. The van der Waals surface area contributed by atoms with Crippen LogP contribution in [0, 0.1) is 5.82 Å². The molecule has 0 unspecified atom stereocenters. The van der Waals surface area contributed by atoms with E-state index >= 15 is 0 Å². The van der Waals surface area contributed by atoms with E-state index < -0.39 is 30.2 Å². The number of nitrogens with zero attached hydrogens (tertiary/aromatic N) is 1. The Labute approximate surface area is 213 Å². The smallest absolute Gasteiger partial charge is 0.329 e. The van der Waals surface area contributed by atoms with Gasteiger partial charge >= 0.3 is 6.03 Å². The monoisotopic (exact) mass is 557 g/mol. The Morgan fingerprint density at radius 3 is 2.63 bits per heavy atom. The average molecular weight is 559 g/mol. The minimum Gasteiger partial charge on any atom is -0.488 e. The molecule has 2 N–H and O–H groups in total. The lowest BCUT2D eigenvalue weighted by Crippen LogP contribution is -2.38. The number of imide groups is 1. The van der Waals surface area contributed by atoms with Gasteiger partial charge in [0.25, 0.3) is 5.91 Å². The molecule has 7 nitrogen and oxygen atoms in total. The molecular weight excluding hydrogens is 541 g/mol. The summed E-state index contributed by atoms with van der Waals surface area (Å²) >= 11 is 9.58. The van der Waals surface area contributed by atoms with Gasteiger partial charge in [0.2, 0.25) is 5.91 Å². The molecule has 0 saturated carbocycles. The second-order valence-corrected chi connectivity index (χ2v) is 8.79. The Morgan fingerprint density at radius 1 is 1.11 bits per heavy atom. The molecule has 0 atom stereocenters. The molecule has 10 heteroatoms. The van der Waals surface area contributed by atoms with Gasteiger partial charge in [0.1, 0.15) is 30.4 Å². The van der Waals surface area contributed by atoms with E-state index in [0.717, 1.165) is 14.9 Å². The first-order valence-electron chi connectivity index (χ1n) is 10.4. The van der Waals surface area contributed by atoms with Gasteiger partial charge in [-0.25, -0.2) is 14.1 Å². The van der Waals surface area contributed by atoms with E-state index in [1.165, 1.54) is 24.3 Å². The van der Waals surface area contributed by atoms with Crippen molar-refractivity contribution in [3.63, 3.8) is 0 Å². The number of nitrogens with one attached hydrogen (secondary N) is 2. The van der Waals surface area contributed by atoms with Gasteiger partial charge < -0.3 is 15.4 Å². The minimum absolute atomic E-state index is 0.0330. The highest BCUT2D eigenvalue weighted by Gasteiger charge is 2.35. The van der Waals surface area contributed by atoms with Gasteiger partial charge in [0, 0.05) is 20.6 Å². The Hall–Kier alpha value is -3.69. The first-order chi connectivity index (χ1) is 16.8. The highest BCUT2D eigenvalue weighted by molar-refractivity contribution is 9.10. The molecule has 4 amide bonds. The van der Waals surface area contributed by atoms with E-state index in [4.69, 9.17) is 16.3 Å². The topological polar surface area (TPSA) is 87.7 Å². The van der Waals surface area contributed by atoms with Crippen molar-refractivity contribution in [1.82, 2.24) is 10.2 Å². The maximum Gasteiger partial charge on any atom is 0.329 e. The highest BCUT2D eigenvalue weighted by atomic mass is 79.9. The summed E-state index contributed by atoms with van der Waals surface area (Å²) in [6.07, 6.45) is 1.46. The molecule has 0 spiro atoms. The lowest BCUT2D eigenvalue weighted by molar-refractivity contribution is -0.127. The number of anilines is 1. The van der Waals surface area contributed by atoms with Crippen LogP contribution >= 0.6 is 27.5 Å². The Balaban J connectivity index is 1.50. The SMILES string of the molecule is O=C(CN1C(=O)N/C(=C/c2cc(Br)ccc2OCc2ccccc2Cl)C1=O)Nc1ccccc1F. The Bertz CT molecular complexity index is 1350. The third-order valence-electron chi connectivity index (χ3n) is 5.02. The van der Waals surface area contributed by atoms with Crippen LogP contribution in [-0.4, -0.2) is 29.3 Å². The van der Waals surface area contributed by atoms with Crippen molar-refractivity contribution in [2.45, 2.75) is 6.61 Å². The number of hydrogen-bond acceptors (Lipinski definition) is 4. The highest BCUT2D eigenvalue weighted by Crippen LogP contribution is 2.28. The summed E-state index contributed by atoms with van der Waals surface area (Å²) in [7, 11) is 0. The molecule has 4 rings (SSSR count). The number of urea groups is 1. The predicted octanol–water partition coefficient (Wildman–Crippen LogP) is 5.35. The number of ether oxygens (including phenoxy) is 1. The molecule has 35 heavy (non-hydrogen) atoms. The molecule has 1 fully saturated rings. The molecular formula is C25H18BrClFN3O4. The normalized spacial score (nSPS) is 14.3. The van der Waals surface area contributed by atoms with Gasteiger partial charge in [-0.15, -0.1) is 0 Å². The van der Waals surface area contributed by atoms with Crippen molar-refractivity contribution in [3.05, 3.63) is 98.9 Å². The summed E-state index contributed by atoms with van der Waals surface area (Å²) in [6.45, 7) is -0.384. The molecule has 0 aromatic heterocycles. The van der Waals surface area contributed by atoms with Crippen LogP contribution in [0.2, 0.25) is 5.02 Å². The minimum atomic E-state index is -0.765. The van der Waals surface area contributed by atoms with Gasteiger partial charge in [-0.2, -0.15) is 0 Å². The van der Waals surface area contributed by atoms with Gasteiger partial charge in [0.05, 0.1) is 5.69 Å². The van der Waals surface area contributed by atoms with E-state index in [0.29, 0.717) is 16.3 Å². The molecule has 0 radical (unpaired) electrons. The summed E-state index contributed by atoms with van der Waals surface area (Å²) < 4.78 is 20.4. The number of carbonyl (C=O) groups excluding carboxylic acids is 3. The predicted molar refractivity (Wildman–Crippen MR) is 133 cm³/mol. The summed E-state index contributed by atoms with van der Waals surface area (Å²) in [4.78, 5) is 38.3. The van der Waals surface area contributed by atoms with Crippen molar-refractivity contribution >= 4 is 57.1 Å². The van der Waals surface area contributed by atoms with Gasteiger partial charge in [-0.3, -0.25) is 9.59 Å². The van der Waals surface area contributed by atoms with Crippen LogP contribution in [0.5, 0.6) is 5.75 Å². The second kappa shape index (κ2) is 10.7. The van der Waals surface area contributed by atoms with E-state index in [-0.39, 0.29) is 18.0 Å². The van der Waals surface area contributed by atoms with Crippen molar-refractivity contribution in [3.8, 4) is 5.75 Å². The van der Waals surface area contributed by atoms with Crippen LogP contribution < -0.4 is 15.4 Å². The number of hydrogen-bond donors (Lipinski definition) is 2. The van der Waals surface area contributed by atoms with Crippen LogP contribution in [0.3, 0.4) is 0 Å². The molecule has 1 aliphatic rings. The Morgan fingerprint density at radius 2 is 1.86 bits per heavy atom. The molecule has 1 heterocycles. The van der Waals surface area contributed by atoms with E-state index in [2.05, 4.69) is 26.6 Å². The largest absolute Gasteiger partial charge is 0.488 e. The zero-order valence-electron chi connectivity index (χ0n) is 18.1. The molecule has 3 aromatic rings. The second-order valence-electron chi connectivity index (χ2n) is 7.47. The summed E-state index contributed by atoms with van der Waals surface area (Å²) in [5.41, 5.74) is 1.23. The first kappa shape index (κ1) is 24.4.